The van der Waals surface area contributed by atoms with Crippen LogP contribution in [0.3, 0.4) is 0 Å². The lowest BCUT2D eigenvalue weighted by Gasteiger charge is -2.23. The van der Waals surface area contributed by atoms with Crippen LogP contribution in [0.4, 0.5) is 0 Å². The number of ether oxygens (including phenoxy) is 1. The summed E-state index contributed by atoms with van der Waals surface area (Å²) < 4.78 is 4.92. The number of aldehydes is 1. The summed E-state index contributed by atoms with van der Waals surface area (Å²) in [7, 11) is 0. The molecule has 0 N–H and O–H groups in total. The summed E-state index contributed by atoms with van der Waals surface area (Å²) in [4.78, 5) is 21.7. The molecule has 0 spiro atoms. The van der Waals surface area contributed by atoms with Crippen molar-refractivity contribution in [2.24, 2.45) is 11.8 Å². The van der Waals surface area contributed by atoms with Crippen LogP contribution in [0.25, 0.3) is 0 Å². The van der Waals surface area contributed by atoms with Crippen molar-refractivity contribution in [1.29, 1.82) is 0 Å². The lowest BCUT2D eigenvalue weighted by molar-refractivity contribution is -0.149. The van der Waals surface area contributed by atoms with Crippen LogP contribution in [0.1, 0.15) is 32.6 Å². The van der Waals surface area contributed by atoms with Crippen molar-refractivity contribution in [2.75, 3.05) is 6.61 Å². The van der Waals surface area contributed by atoms with E-state index in [-0.39, 0.29) is 17.8 Å². The van der Waals surface area contributed by atoms with Crippen molar-refractivity contribution in [3.8, 4) is 0 Å². The Labute approximate surface area is 78.5 Å². The lowest BCUT2D eigenvalue weighted by atomic mass is 9.83. The van der Waals surface area contributed by atoms with E-state index in [1.165, 1.54) is 0 Å². The molecular weight excluding hydrogens is 168 g/mol. The van der Waals surface area contributed by atoms with Gasteiger partial charge in [-0.15, -0.1) is 0 Å². The van der Waals surface area contributed by atoms with Gasteiger partial charge >= 0.3 is 5.97 Å². The number of carbonyl (C=O) groups excluding carboxylic acids is 2. The van der Waals surface area contributed by atoms with E-state index in [9.17, 15) is 9.59 Å². The predicted octanol–water partition coefficient (Wildman–Crippen LogP) is 1.55. The van der Waals surface area contributed by atoms with Gasteiger partial charge in [0.1, 0.15) is 6.29 Å². The Kier molecular flexibility index (Phi) is 3.93. The molecule has 0 unspecified atom stereocenters. The summed E-state index contributed by atoms with van der Waals surface area (Å²) in [5.41, 5.74) is 0. The molecule has 3 heteroatoms. The summed E-state index contributed by atoms with van der Waals surface area (Å²) in [5.74, 6) is 0.119. The highest BCUT2D eigenvalue weighted by atomic mass is 16.5. The maximum Gasteiger partial charge on any atom is 0.308 e. The standard InChI is InChI=1S/C10H16O3/c1-2-13-10(12)9-5-3-8(7-11)4-6-9/h7-9H,2-6H2,1H3/t8-,9-. The fourth-order valence-electron chi connectivity index (χ4n) is 1.75. The minimum absolute atomic E-state index is 0.0381. The first-order valence-corrected chi connectivity index (χ1v) is 4.89. The van der Waals surface area contributed by atoms with E-state index in [1.807, 2.05) is 6.92 Å². The molecule has 0 amide bonds. The highest BCUT2D eigenvalue weighted by Gasteiger charge is 2.26. The van der Waals surface area contributed by atoms with Crippen LogP contribution in [0.5, 0.6) is 0 Å². The van der Waals surface area contributed by atoms with Crippen molar-refractivity contribution in [3.63, 3.8) is 0 Å². The smallest absolute Gasteiger partial charge is 0.308 e. The zero-order valence-electron chi connectivity index (χ0n) is 7.99. The molecule has 0 saturated heterocycles. The van der Waals surface area contributed by atoms with Crippen LogP contribution in [0.15, 0.2) is 0 Å². The van der Waals surface area contributed by atoms with Crippen molar-refractivity contribution < 1.29 is 14.3 Å². The lowest BCUT2D eigenvalue weighted by Crippen LogP contribution is -2.24. The number of hydrogen-bond acceptors (Lipinski definition) is 3. The van der Waals surface area contributed by atoms with Gasteiger partial charge < -0.3 is 9.53 Å². The molecule has 1 aliphatic rings. The van der Waals surface area contributed by atoms with Crippen LogP contribution < -0.4 is 0 Å². The molecular formula is C10H16O3. The topological polar surface area (TPSA) is 43.4 Å². The number of hydrogen-bond donors (Lipinski definition) is 0. The minimum atomic E-state index is -0.0909. The Morgan fingerprint density at radius 1 is 1.38 bits per heavy atom. The van der Waals surface area contributed by atoms with Gasteiger partial charge in [-0.3, -0.25) is 4.79 Å². The van der Waals surface area contributed by atoms with Gasteiger partial charge in [0.2, 0.25) is 0 Å². The van der Waals surface area contributed by atoms with E-state index in [0.29, 0.717) is 6.61 Å². The predicted molar refractivity (Wildman–Crippen MR) is 48.1 cm³/mol. The quantitative estimate of drug-likeness (QED) is 0.493. The third-order valence-corrected chi connectivity index (χ3v) is 2.58. The summed E-state index contributed by atoms with van der Waals surface area (Å²) in [6.07, 6.45) is 4.30. The second kappa shape index (κ2) is 5.00. The maximum atomic E-state index is 11.3. The summed E-state index contributed by atoms with van der Waals surface area (Å²) in [6.45, 7) is 2.27. The molecule has 1 rings (SSSR count). The molecule has 1 aliphatic carbocycles. The Balaban J connectivity index is 2.31. The SMILES string of the molecule is CCOC(=O)[C@H]1CC[C@H](C=O)CC1. The molecule has 74 valence electrons. The fraction of sp³-hybridized carbons (Fsp3) is 0.800. The van der Waals surface area contributed by atoms with Gasteiger partial charge in [0.05, 0.1) is 12.5 Å². The fourth-order valence-corrected chi connectivity index (χ4v) is 1.75. The second-order valence-electron chi connectivity index (χ2n) is 3.50. The van der Waals surface area contributed by atoms with Crippen LogP contribution in [-0.2, 0) is 14.3 Å². The first-order chi connectivity index (χ1) is 6.27. The summed E-state index contributed by atoms with van der Waals surface area (Å²) >= 11 is 0. The number of rotatable bonds is 3. The molecule has 0 aromatic carbocycles. The van der Waals surface area contributed by atoms with Crippen LogP contribution in [0, 0.1) is 11.8 Å². The monoisotopic (exact) mass is 184 g/mol. The van der Waals surface area contributed by atoms with Crippen LogP contribution in [-0.4, -0.2) is 18.9 Å². The molecule has 0 aromatic rings. The Morgan fingerprint density at radius 2 is 2.00 bits per heavy atom. The number of esters is 1. The number of carbonyl (C=O) groups is 2. The van der Waals surface area contributed by atoms with Gasteiger partial charge in [-0.25, -0.2) is 0 Å². The van der Waals surface area contributed by atoms with Gasteiger partial charge in [-0.1, -0.05) is 0 Å². The summed E-state index contributed by atoms with van der Waals surface area (Å²) in [5, 5.41) is 0. The first-order valence-electron chi connectivity index (χ1n) is 4.89. The molecule has 1 fully saturated rings. The van der Waals surface area contributed by atoms with Crippen molar-refractivity contribution >= 4 is 12.3 Å². The van der Waals surface area contributed by atoms with Gasteiger partial charge in [0.25, 0.3) is 0 Å². The van der Waals surface area contributed by atoms with Gasteiger partial charge in [0, 0.05) is 5.92 Å². The normalized spacial score (nSPS) is 28.1. The van der Waals surface area contributed by atoms with Crippen LogP contribution >= 0.6 is 0 Å². The molecule has 13 heavy (non-hydrogen) atoms. The zero-order chi connectivity index (χ0) is 9.68. The third kappa shape index (κ3) is 2.83. The Bertz CT molecular complexity index is 181. The zero-order valence-corrected chi connectivity index (χ0v) is 7.99. The molecule has 3 nitrogen and oxygen atoms in total. The largest absolute Gasteiger partial charge is 0.466 e. The Morgan fingerprint density at radius 3 is 2.46 bits per heavy atom. The third-order valence-electron chi connectivity index (χ3n) is 2.58. The summed E-state index contributed by atoms with van der Waals surface area (Å²) in [6, 6.07) is 0. The van der Waals surface area contributed by atoms with Crippen molar-refractivity contribution in [2.45, 2.75) is 32.6 Å². The highest BCUT2D eigenvalue weighted by Crippen LogP contribution is 2.28. The van der Waals surface area contributed by atoms with E-state index in [4.69, 9.17) is 4.74 Å². The Hall–Kier alpha value is -0.860. The van der Waals surface area contributed by atoms with E-state index in [1.54, 1.807) is 0 Å². The first kappa shape index (κ1) is 10.2. The molecule has 0 heterocycles. The van der Waals surface area contributed by atoms with Gasteiger partial charge in [-0.2, -0.15) is 0 Å². The average Bonchev–Trinajstić information content (AvgIpc) is 2.18. The molecule has 0 atom stereocenters. The van der Waals surface area contributed by atoms with Crippen molar-refractivity contribution in [3.05, 3.63) is 0 Å². The second-order valence-corrected chi connectivity index (χ2v) is 3.50. The van der Waals surface area contributed by atoms with Crippen LogP contribution in [0.2, 0.25) is 0 Å². The van der Waals surface area contributed by atoms with E-state index in [0.717, 1.165) is 32.0 Å². The van der Waals surface area contributed by atoms with E-state index < -0.39 is 0 Å². The van der Waals surface area contributed by atoms with Crippen molar-refractivity contribution in [1.82, 2.24) is 0 Å². The van der Waals surface area contributed by atoms with E-state index >= 15 is 0 Å². The molecule has 0 aromatic heterocycles. The maximum absolute atomic E-state index is 11.3. The molecule has 0 aliphatic heterocycles. The van der Waals surface area contributed by atoms with Gasteiger partial charge in [-0.05, 0) is 32.6 Å². The highest BCUT2D eigenvalue weighted by molar-refractivity contribution is 5.72. The molecule has 1 saturated carbocycles. The molecule has 0 radical (unpaired) electrons. The molecule has 0 bridgehead atoms. The average molecular weight is 184 g/mol. The van der Waals surface area contributed by atoms with E-state index in [2.05, 4.69) is 0 Å². The van der Waals surface area contributed by atoms with Gasteiger partial charge in [0.15, 0.2) is 0 Å². The minimum Gasteiger partial charge on any atom is -0.466 e.